The molecule has 0 bridgehead atoms. The van der Waals surface area contributed by atoms with Crippen molar-refractivity contribution in [2.45, 2.75) is 44.8 Å². The van der Waals surface area contributed by atoms with Crippen LogP contribution in [0, 0.1) is 0 Å². The van der Waals surface area contributed by atoms with Gasteiger partial charge >= 0.3 is 6.03 Å². The third-order valence-electron chi connectivity index (χ3n) is 3.86. The first kappa shape index (κ1) is 22.4. The highest BCUT2D eigenvalue weighted by Crippen LogP contribution is 2.25. The van der Waals surface area contributed by atoms with Gasteiger partial charge in [0.15, 0.2) is 5.16 Å². The number of carbonyl (C=O) groups excluding carboxylic acids is 2. The van der Waals surface area contributed by atoms with Gasteiger partial charge < -0.3 is 10.1 Å². The number of imide groups is 1. The summed E-state index contributed by atoms with van der Waals surface area (Å²) in [4.78, 5) is 42.9. The molecule has 2 heterocycles. The molecule has 2 aromatic heterocycles. The summed E-state index contributed by atoms with van der Waals surface area (Å²) in [6, 6.07) is 1.36. The molecule has 0 aliphatic carbocycles. The van der Waals surface area contributed by atoms with Crippen LogP contribution in [-0.2, 0) is 22.5 Å². The van der Waals surface area contributed by atoms with E-state index in [0.29, 0.717) is 41.5 Å². The Morgan fingerprint density at radius 2 is 2.14 bits per heavy atom. The summed E-state index contributed by atoms with van der Waals surface area (Å²) in [5, 5.41) is 6.00. The molecule has 0 saturated heterocycles. The molecule has 0 radical (unpaired) electrons. The minimum absolute atomic E-state index is 0.000831. The normalized spacial score (nSPS) is 11.0. The molecule has 0 aromatic carbocycles. The lowest BCUT2D eigenvalue weighted by molar-refractivity contribution is -0.117. The van der Waals surface area contributed by atoms with Crippen LogP contribution in [0.5, 0.6) is 0 Å². The molecule has 2 rings (SSSR count). The third-order valence-corrected chi connectivity index (χ3v) is 6.01. The highest BCUT2D eigenvalue weighted by atomic mass is 32.2. The Labute approximate surface area is 172 Å². The minimum atomic E-state index is -0.540. The highest BCUT2D eigenvalue weighted by molar-refractivity contribution is 7.99. The van der Waals surface area contributed by atoms with Gasteiger partial charge in [-0.05, 0) is 25.3 Å². The SMILES string of the molecule is CCCn1c(SCC(=O)NC(=O)NCCCOC)nc2sc(CC)cc2c1=O. The van der Waals surface area contributed by atoms with Crippen molar-refractivity contribution < 1.29 is 14.3 Å². The molecule has 0 saturated carbocycles. The fourth-order valence-electron chi connectivity index (χ4n) is 2.51. The van der Waals surface area contributed by atoms with Crippen LogP contribution in [0.15, 0.2) is 16.0 Å². The van der Waals surface area contributed by atoms with E-state index in [1.165, 1.54) is 11.3 Å². The number of aryl methyl sites for hydroxylation is 1. The minimum Gasteiger partial charge on any atom is -0.385 e. The summed E-state index contributed by atoms with van der Waals surface area (Å²) in [5.41, 5.74) is -0.0819. The second-order valence-electron chi connectivity index (χ2n) is 6.08. The predicted octanol–water partition coefficient (Wildman–Crippen LogP) is 2.38. The van der Waals surface area contributed by atoms with Gasteiger partial charge in [-0.1, -0.05) is 25.6 Å². The monoisotopic (exact) mass is 426 g/mol. The zero-order valence-corrected chi connectivity index (χ0v) is 18.0. The number of amides is 3. The number of rotatable bonds is 10. The maximum atomic E-state index is 12.8. The van der Waals surface area contributed by atoms with Crippen LogP contribution >= 0.6 is 23.1 Å². The van der Waals surface area contributed by atoms with Crippen LogP contribution in [-0.4, -0.2) is 47.5 Å². The van der Waals surface area contributed by atoms with E-state index in [0.717, 1.165) is 29.5 Å². The Morgan fingerprint density at radius 1 is 1.36 bits per heavy atom. The Kier molecular flexibility index (Phi) is 8.94. The summed E-state index contributed by atoms with van der Waals surface area (Å²) in [6.07, 6.45) is 2.29. The number of fused-ring (bicyclic) bond motifs is 1. The van der Waals surface area contributed by atoms with Gasteiger partial charge in [-0.25, -0.2) is 9.78 Å². The molecule has 2 aromatic rings. The zero-order chi connectivity index (χ0) is 20.5. The number of aromatic nitrogens is 2. The van der Waals surface area contributed by atoms with Crippen LogP contribution in [0.4, 0.5) is 4.79 Å². The summed E-state index contributed by atoms with van der Waals surface area (Å²) in [5.74, 6) is -0.439. The Hall–Kier alpha value is -1.91. The van der Waals surface area contributed by atoms with E-state index >= 15 is 0 Å². The van der Waals surface area contributed by atoms with Crippen LogP contribution in [0.2, 0.25) is 0 Å². The van der Waals surface area contributed by atoms with Crippen LogP contribution in [0.3, 0.4) is 0 Å². The van der Waals surface area contributed by atoms with Crippen molar-refractivity contribution in [2.75, 3.05) is 26.0 Å². The van der Waals surface area contributed by atoms with Crippen molar-refractivity contribution in [2.24, 2.45) is 0 Å². The summed E-state index contributed by atoms with van der Waals surface area (Å²) < 4.78 is 6.50. The molecule has 0 aliphatic rings. The second kappa shape index (κ2) is 11.2. The van der Waals surface area contributed by atoms with E-state index in [1.54, 1.807) is 11.7 Å². The van der Waals surface area contributed by atoms with Crippen molar-refractivity contribution >= 4 is 45.3 Å². The third kappa shape index (κ3) is 6.05. The molecule has 3 amide bonds. The fourth-order valence-corrected chi connectivity index (χ4v) is 4.34. The number of hydrogen-bond acceptors (Lipinski definition) is 7. The first-order chi connectivity index (χ1) is 13.5. The van der Waals surface area contributed by atoms with Crippen molar-refractivity contribution in [1.29, 1.82) is 0 Å². The smallest absolute Gasteiger partial charge is 0.321 e. The quantitative estimate of drug-likeness (QED) is 0.344. The first-order valence-electron chi connectivity index (χ1n) is 9.22. The van der Waals surface area contributed by atoms with Crippen LogP contribution in [0.1, 0.15) is 31.6 Å². The van der Waals surface area contributed by atoms with Gasteiger partial charge in [0.05, 0.1) is 11.1 Å². The highest BCUT2D eigenvalue weighted by Gasteiger charge is 2.16. The van der Waals surface area contributed by atoms with Crippen LogP contribution < -0.4 is 16.2 Å². The van der Waals surface area contributed by atoms with E-state index in [-0.39, 0.29) is 11.3 Å². The van der Waals surface area contributed by atoms with E-state index < -0.39 is 11.9 Å². The van der Waals surface area contributed by atoms with Gasteiger partial charge in [0.1, 0.15) is 4.83 Å². The summed E-state index contributed by atoms with van der Waals surface area (Å²) >= 11 is 2.66. The number of hydrogen-bond donors (Lipinski definition) is 2. The average Bonchev–Trinajstić information content (AvgIpc) is 3.09. The molecule has 0 unspecified atom stereocenters. The van der Waals surface area contributed by atoms with Gasteiger partial charge in [-0.15, -0.1) is 11.3 Å². The number of urea groups is 1. The second-order valence-corrected chi connectivity index (χ2v) is 8.13. The van der Waals surface area contributed by atoms with E-state index in [9.17, 15) is 14.4 Å². The largest absolute Gasteiger partial charge is 0.385 e. The van der Waals surface area contributed by atoms with Crippen molar-refractivity contribution in [1.82, 2.24) is 20.2 Å². The van der Waals surface area contributed by atoms with Gasteiger partial charge in [0, 0.05) is 31.7 Å². The molecule has 10 heteroatoms. The number of thiophene rings is 1. The van der Waals surface area contributed by atoms with Crippen LogP contribution in [0.25, 0.3) is 10.2 Å². The van der Waals surface area contributed by atoms with E-state index in [1.807, 2.05) is 19.9 Å². The first-order valence-corrected chi connectivity index (χ1v) is 11.0. The summed E-state index contributed by atoms with van der Waals surface area (Å²) in [6.45, 7) is 5.51. The molecular formula is C18H26N4O4S2. The topological polar surface area (TPSA) is 102 Å². The lowest BCUT2D eigenvalue weighted by Crippen LogP contribution is -2.41. The number of ether oxygens (including phenoxy) is 1. The predicted molar refractivity (Wildman–Crippen MR) is 112 cm³/mol. The molecular weight excluding hydrogens is 400 g/mol. The van der Waals surface area contributed by atoms with E-state index in [2.05, 4.69) is 15.6 Å². The number of carbonyl (C=O) groups is 2. The Morgan fingerprint density at radius 3 is 2.82 bits per heavy atom. The Bertz CT molecular complexity index is 878. The molecule has 154 valence electrons. The molecule has 0 aliphatic heterocycles. The van der Waals surface area contributed by atoms with Gasteiger partial charge in [0.2, 0.25) is 5.91 Å². The van der Waals surface area contributed by atoms with Crippen molar-refractivity contribution in [3.05, 3.63) is 21.3 Å². The lowest BCUT2D eigenvalue weighted by atomic mass is 10.3. The molecule has 8 nitrogen and oxygen atoms in total. The van der Waals surface area contributed by atoms with Gasteiger partial charge in [0.25, 0.3) is 5.56 Å². The van der Waals surface area contributed by atoms with E-state index in [4.69, 9.17) is 4.74 Å². The number of nitrogens with zero attached hydrogens (tertiary/aromatic N) is 2. The summed E-state index contributed by atoms with van der Waals surface area (Å²) in [7, 11) is 1.59. The maximum absolute atomic E-state index is 12.8. The molecule has 0 atom stereocenters. The molecule has 0 spiro atoms. The van der Waals surface area contributed by atoms with Crippen molar-refractivity contribution in [3.63, 3.8) is 0 Å². The fraction of sp³-hybridized carbons (Fsp3) is 0.556. The van der Waals surface area contributed by atoms with Gasteiger partial charge in [-0.2, -0.15) is 0 Å². The lowest BCUT2D eigenvalue weighted by Gasteiger charge is -2.11. The average molecular weight is 427 g/mol. The molecule has 0 fully saturated rings. The maximum Gasteiger partial charge on any atom is 0.321 e. The standard InChI is InChI=1S/C18H26N4O4S2/c1-4-8-22-16(24)13-10-12(5-2)28-15(13)21-18(22)27-11-14(23)20-17(25)19-7-6-9-26-3/h10H,4-9,11H2,1-3H3,(H2,19,20,23,25). The number of nitrogens with one attached hydrogen (secondary N) is 2. The molecule has 2 N–H and O–H groups in total. The van der Waals surface area contributed by atoms with Gasteiger partial charge in [-0.3, -0.25) is 19.5 Å². The Balaban J connectivity index is 2.04. The van der Waals surface area contributed by atoms with Crippen molar-refractivity contribution in [3.8, 4) is 0 Å². The zero-order valence-electron chi connectivity index (χ0n) is 16.4. The number of thioether (sulfide) groups is 1. The number of methoxy groups -OCH3 is 1. The molecule has 28 heavy (non-hydrogen) atoms.